The Kier molecular flexibility index (Phi) is 3.66. The largest absolute Gasteiger partial charge is 0.507 e. The molecule has 16 heavy (non-hydrogen) atoms. The second-order valence-corrected chi connectivity index (χ2v) is 3.16. The molecule has 0 aromatic heterocycles. The van der Waals surface area contributed by atoms with Crippen LogP contribution in [0.1, 0.15) is 12.0 Å². The first-order valence-electron chi connectivity index (χ1n) is 4.51. The van der Waals surface area contributed by atoms with Crippen LogP contribution in [0.4, 0.5) is 0 Å². The predicted molar refractivity (Wildman–Crippen MR) is 57.5 cm³/mol. The molecule has 1 rings (SSSR count). The minimum absolute atomic E-state index is 0.0355. The molecule has 5 heteroatoms. The second-order valence-electron chi connectivity index (χ2n) is 3.16. The first-order valence-corrected chi connectivity index (χ1v) is 4.51. The minimum atomic E-state index is -1.15. The van der Waals surface area contributed by atoms with E-state index in [1.54, 1.807) is 18.2 Å². The van der Waals surface area contributed by atoms with Crippen molar-refractivity contribution in [2.75, 3.05) is 0 Å². The number of carbonyl (C=O) groups is 2. The Morgan fingerprint density at radius 1 is 1.31 bits per heavy atom. The fourth-order valence-corrected chi connectivity index (χ4v) is 1.17. The third-order valence-electron chi connectivity index (χ3n) is 1.92. The molecule has 0 fully saturated rings. The number of rotatable bonds is 4. The van der Waals surface area contributed by atoms with Crippen LogP contribution in [-0.4, -0.2) is 22.1 Å². The lowest BCUT2D eigenvalue weighted by Crippen LogP contribution is -2.16. The van der Waals surface area contributed by atoms with Gasteiger partial charge in [0.15, 0.2) is 0 Å². The van der Waals surface area contributed by atoms with Crippen LogP contribution in [0.5, 0.6) is 5.75 Å². The summed E-state index contributed by atoms with van der Waals surface area (Å²) < 4.78 is 0. The molecule has 1 aromatic rings. The molecule has 84 valence electrons. The standard InChI is InChI=1S/C11H11NO4/c12-11(16)8(6-10(14)15)5-7-3-1-2-4-9(7)13/h1-5,13H,6H2,(H2,12,16)(H,14,15). The number of phenolic OH excluding ortho intramolecular Hbond substituents is 1. The van der Waals surface area contributed by atoms with Gasteiger partial charge in [-0.15, -0.1) is 0 Å². The van der Waals surface area contributed by atoms with Crippen LogP contribution in [0.25, 0.3) is 6.08 Å². The highest BCUT2D eigenvalue weighted by atomic mass is 16.4. The first kappa shape index (κ1) is 11.8. The van der Waals surface area contributed by atoms with Gasteiger partial charge in [-0.2, -0.15) is 0 Å². The summed E-state index contributed by atoms with van der Waals surface area (Å²) in [5, 5.41) is 18.0. The van der Waals surface area contributed by atoms with E-state index in [2.05, 4.69) is 0 Å². The van der Waals surface area contributed by atoms with Gasteiger partial charge in [0.05, 0.1) is 6.42 Å². The Morgan fingerprint density at radius 2 is 1.94 bits per heavy atom. The number of benzene rings is 1. The molecule has 0 aliphatic carbocycles. The molecular weight excluding hydrogens is 210 g/mol. The van der Waals surface area contributed by atoms with E-state index in [-0.39, 0.29) is 11.3 Å². The summed E-state index contributed by atoms with van der Waals surface area (Å²) in [4.78, 5) is 21.4. The van der Waals surface area contributed by atoms with Gasteiger partial charge in [-0.05, 0) is 12.1 Å². The maximum absolute atomic E-state index is 11.0. The van der Waals surface area contributed by atoms with Crippen molar-refractivity contribution in [1.29, 1.82) is 0 Å². The fraction of sp³-hybridized carbons (Fsp3) is 0.0909. The highest BCUT2D eigenvalue weighted by molar-refractivity contribution is 6.00. The molecule has 4 N–H and O–H groups in total. The minimum Gasteiger partial charge on any atom is -0.507 e. The predicted octanol–water partition coefficient (Wildman–Crippen LogP) is 0.736. The number of aliphatic carboxylic acids is 1. The molecule has 0 bridgehead atoms. The SMILES string of the molecule is NC(=O)C(=Cc1ccccc1O)CC(=O)O. The number of carboxylic acid groups (broad SMARTS) is 1. The van der Waals surface area contributed by atoms with Gasteiger partial charge in [0.25, 0.3) is 0 Å². The topological polar surface area (TPSA) is 101 Å². The average molecular weight is 221 g/mol. The van der Waals surface area contributed by atoms with Crippen LogP contribution in [0.15, 0.2) is 29.8 Å². The molecular formula is C11H11NO4. The second kappa shape index (κ2) is 4.97. The van der Waals surface area contributed by atoms with Gasteiger partial charge in [-0.25, -0.2) is 0 Å². The Labute approximate surface area is 91.8 Å². The molecule has 0 radical (unpaired) electrons. The Hall–Kier alpha value is -2.30. The smallest absolute Gasteiger partial charge is 0.308 e. The van der Waals surface area contributed by atoms with Crippen molar-refractivity contribution in [1.82, 2.24) is 0 Å². The molecule has 0 unspecified atom stereocenters. The molecule has 0 saturated carbocycles. The number of hydrogen-bond acceptors (Lipinski definition) is 3. The lowest BCUT2D eigenvalue weighted by molar-refractivity contribution is -0.136. The molecule has 0 spiro atoms. The number of para-hydroxylation sites is 1. The van der Waals surface area contributed by atoms with Gasteiger partial charge in [-0.1, -0.05) is 18.2 Å². The van der Waals surface area contributed by atoms with Gasteiger partial charge in [0.1, 0.15) is 5.75 Å². The highest BCUT2D eigenvalue weighted by Gasteiger charge is 2.10. The lowest BCUT2D eigenvalue weighted by Gasteiger charge is -2.02. The van der Waals surface area contributed by atoms with Crippen LogP contribution in [0.3, 0.4) is 0 Å². The van der Waals surface area contributed by atoms with Crippen molar-refractivity contribution in [2.45, 2.75) is 6.42 Å². The van der Waals surface area contributed by atoms with Gasteiger partial charge < -0.3 is 15.9 Å². The number of nitrogens with two attached hydrogens (primary N) is 1. The van der Waals surface area contributed by atoms with Crippen LogP contribution in [0, 0.1) is 0 Å². The van der Waals surface area contributed by atoms with Crippen molar-refractivity contribution in [2.24, 2.45) is 5.73 Å². The van der Waals surface area contributed by atoms with Crippen molar-refractivity contribution >= 4 is 18.0 Å². The number of phenols is 1. The first-order chi connectivity index (χ1) is 7.50. The Balaban J connectivity index is 3.07. The summed E-state index contributed by atoms with van der Waals surface area (Å²) >= 11 is 0. The van der Waals surface area contributed by atoms with Crippen molar-refractivity contribution in [3.63, 3.8) is 0 Å². The third-order valence-corrected chi connectivity index (χ3v) is 1.92. The van der Waals surface area contributed by atoms with E-state index in [1.807, 2.05) is 0 Å². The van der Waals surface area contributed by atoms with Crippen LogP contribution in [-0.2, 0) is 9.59 Å². The van der Waals surface area contributed by atoms with Crippen LogP contribution in [0.2, 0.25) is 0 Å². The zero-order valence-corrected chi connectivity index (χ0v) is 8.38. The van der Waals surface area contributed by atoms with Gasteiger partial charge >= 0.3 is 5.97 Å². The summed E-state index contributed by atoms with van der Waals surface area (Å²) in [6, 6.07) is 6.27. The number of carbonyl (C=O) groups excluding carboxylic acids is 1. The van der Waals surface area contributed by atoms with E-state index in [0.29, 0.717) is 5.56 Å². The van der Waals surface area contributed by atoms with E-state index in [0.717, 1.165) is 0 Å². The van der Waals surface area contributed by atoms with Crippen LogP contribution < -0.4 is 5.73 Å². The van der Waals surface area contributed by atoms with Crippen molar-refractivity contribution < 1.29 is 19.8 Å². The van der Waals surface area contributed by atoms with E-state index in [4.69, 9.17) is 10.8 Å². The van der Waals surface area contributed by atoms with E-state index >= 15 is 0 Å². The quantitative estimate of drug-likeness (QED) is 0.652. The number of primary amides is 1. The third kappa shape index (κ3) is 3.13. The number of amides is 1. The zero-order chi connectivity index (χ0) is 12.1. The average Bonchev–Trinajstić information content (AvgIpc) is 2.19. The summed E-state index contributed by atoms with van der Waals surface area (Å²) in [6.07, 6.45) is 0.801. The van der Waals surface area contributed by atoms with Gasteiger partial charge in [-0.3, -0.25) is 9.59 Å². The van der Waals surface area contributed by atoms with E-state index in [9.17, 15) is 14.7 Å². The molecule has 0 aliphatic rings. The molecule has 0 aliphatic heterocycles. The molecule has 5 nitrogen and oxygen atoms in total. The fourth-order valence-electron chi connectivity index (χ4n) is 1.17. The number of carboxylic acids is 1. The van der Waals surface area contributed by atoms with Crippen LogP contribution >= 0.6 is 0 Å². The summed E-state index contributed by atoms with van der Waals surface area (Å²) in [5.74, 6) is -2.00. The molecule has 0 saturated heterocycles. The molecule has 1 amide bonds. The summed E-state index contributed by atoms with van der Waals surface area (Å²) in [6.45, 7) is 0. The normalized spacial score (nSPS) is 11.1. The molecule has 0 atom stereocenters. The Morgan fingerprint density at radius 3 is 2.44 bits per heavy atom. The summed E-state index contributed by atoms with van der Waals surface area (Å²) in [7, 11) is 0. The van der Waals surface area contributed by atoms with E-state index < -0.39 is 18.3 Å². The zero-order valence-electron chi connectivity index (χ0n) is 8.38. The lowest BCUT2D eigenvalue weighted by atomic mass is 10.1. The van der Waals surface area contributed by atoms with Gasteiger partial charge in [0.2, 0.25) is 5.91 Å². The maximum atomic E-state index is 11.0. The van der Waals surface area contributed by atoms with E-state index in [1.165, 1.54) is 12.1 Å². The summed E-state index contributed by atoms with van der Waals surface area (Å²) in [5.41, 5.74) is 5.33. The number of hydrogen-bond donors (Lipinski definition) is 3. The number of aromatic hydroxyl groups is 1. The Bertz CT molecular complexity index is 451. The highest BCUT2D eigenvalue weighted by Crippen LogP contribution is 2.19. The van der Waals surface area contributed by atoms with Crippen molar-refractivity contribution in [3.8, 4) is 5.75 Å². The maximum Gasteiger partial charge on any atom is 0.308 e. The van der Waals surface area contributed by atoms with Crippen molar-refractivity contribution in [3.05, 3.63) is 35.4 Å². The molecule has 1 aromatic carbocycles. The molecule has 0 heterocycles. The monoisotopic (exact) mass is 221 g/mol. The van der Waals surface area contributed by atoms with Gasteiger partial charge in [0, 0.05) is 11.1 Å².